The van der Waals surface area contributed by atoms with E-state index in [1.807, 2.05) is 6.26 Å². The number of amides is 1. The molecule has 0 aliphatic carbocycles. The van der Waals surface area contributed by atoms with Gasteiger partial charge in [0, 0.05) is 30.1 Å². The maximum atomic E-state index is 12.9. The molecule has 0 aliphatic rings. The molecule has 3 aromatic rings. The summed E-state index contributed by atoms with van der Waals surface area (Å²) < 4.78 is 27.1. The largest absolute Gasteiger partial charge is 0.322 e. The highest BCUT2D eigenvalue weighted by molar-refractivity contribution is 7.98. The number of sulfonamides is 1. The molecule has 0 unspecified atom stereocenters. The lowest BCUT2D eigenvalue weighted by Gasteiger charge is -2.19. The third-order valence-corrected chi connectivity index (χ3v) is 7.31. The molecule has 0 radical (unpaired) electrons. The van der Waals surface area contributed by atoms with Crippen LogP contribution >= 0.6 is 11.8 Å². The summed E-state index contributed by atoms with van der Waals surface area (Å²) in [5.74, 6) is -0.526. The Morgan fingerprint density at radius 2 is 1.90 bits per heavy atom. The summed E-state index contributed by atoms with van der Waals surface area (Å²) >= 11 is 1.48. The number of H-pyrrole nitrogens is 1. The highest BCUT2D eigenvalue weighted by atomic mass is 32.2. The van der Waals surface area contributed by atoms with E-state index in [0.29, 0.717) is 29.7 Å². The number of hydrogen-bond donors (Lipinski definition) is 2. The predicted molar refractivity (Wildman–Crippen MR) is 119 cm³/mol. The summed E-state index contributed by atoms with van der Waals surface area (Å²) in [7, 11) is -3.71. The summed E-state index contributed by atoms with van der Waals surface area (Å²) in [4.78, 5) is 31.8. The van der Waals surface area contributed by atoms with Crippen LogP contribution in [-0.2, 0) is 10.0 Å². The molecule has 1 aromatic carbocycles. The fourth-order valence-electron chi connectivity index (χ4n) is 3.07. The lowest BCUT2D eigenvalue weighted by Crippen LogP contribution is -2.30. The predicted octanol–water partition coefficient (Wildman–Crippen LogP) is 2.93. The number of carbonyl (C=O) groups excluding carboxylic acids is 1. The van der Waals surface area contributed by atoms with Gasteiger partial charge in [-0.25, -0.2) is 13.4 Å². The van der Waals surface area contributed by atoms with Crippen molar-refractivity contribution in [1.82, 2.24) is 14.3 Å². The summed E-state index contributed by atoms with van der Waals surface area (Å²) in [6.07, 6.45) is 3.42. The fourth-order valence-corrected chi connectivity index (χ4v) is 4.91. The first-order valence-corrected chi connectivity index (χ1v) is 11.9. The van der Waals surface area contributed by atoms with E-state index >= 15 is 0 Å². The van der Waals surface area contributed by atoms with Gasteiger partial charge in [0.05, 0.1) is 27.4 Å². The van der Waals surface area contributed by atoms with Crippen LogP contribution < -0.4 is 10.9 Å². The molecular formula is C20H22N4O4S2. The lowest BCUT2D eigenvalue weighted by molar-refractivity contribution is 0.102. The number of nitrogens with one attached hydrogen (secondary N) is 2. The van der Waals surface area contributed by atoms with E-state index in [1.54, 1.807) is 26.0 Å². The molecule has 0 fully saturated rings. The maximum absolute atomic E-state index is 12.9. The average Bonchev–Trinajstić information content (AvgIpc) is 2.74. The Kier molecular flexibility index (Phi) is 6.59. The van der Waals surface area contributed by atoms with Crippen LogP contribution in [0, 0.1) is 0 Å². The highest BCUT2D eigenvalue weighted by Gasteiger charge is 2.23. The number of aromatic amines is 1. The molecule has 1 amide bonds. The Bertz CT molecular complexity index is 1230. The molecular weight excluding hydrogens is 424 g/mol. The van der Waals surface area contributed by atoms with Crippen molar-refractivity contribution in [3.63, 3.8) is 0 Å². The Morgan fingerprint density at radius 1 is 1.17 bits per heavy atom. The third kappa shape index (κ3) is 4.40. The molecule has 0 atom stereocenters. The first-order chi connectivity index (χ1) is 14.3. The SMILES string of the molecule is CCN(CC)S(=O)(=O)c1ccc2[nH]c(=O)cc(C(=O)Nc3ccc(SC)nc3)c2c1. The minimum atomic E-state index is -3.71. The molecule has 0 spiro atoms. The molecule has 0 aliphatic heterocycles. The minimum Gasteiger partial charge on any atom is -0.322 e. The van der Waals surface area contributed by atoms with Crippen molar-refractivity contribution in [2.75, 3.05) is 24.7 Å². The van der Waals surface area contributed by atoms with E-state index in [9.17, 15) is 18.0 Å². The zero-order valence-electron chi connectivity index (χ0n) is 16.8. The molecule has 0 saturated carbocycles. The number of anilines is 1. The Hall–Kier alpha value is -2.69. The van der Waals surface area contributed by atoms with Crippen LogP contribution in [0.4, 0.5) is 5.69 Å². The number of hydrogen-bond acceptors (Lipinski definition) is 6. The second kappa shape index (κ2) is 8.99. The molecule has 2 N–H and O–H groups in total. The standard InChI is InChI=1S/C20H22N4O4S2/c1-4-24(5-2)30(27,28)14-7-8-17-15(10-14)16(11-18(25)23-17)20(26)22-13-6-9-19(29-3)21-12-13/h6-12H,4-5H2,1-3H3,(H,22,26)(H,23,25). The molecule has 2 aromatic heterocycles. The van der Waals surface area contributed by atoms with Crippen LogP contribution in [-0.4, -0.2) is 47.9 Å². The van der Waals surface area contributed by atoms with Crippen LogP contribution in [0.5, 0.6) is 0 Å². The van der Waals surface area contributed by atoms with E-state index in [2.05, 4.69) is 15.3 Å². The van der Waals surface area contributed by atoms with E-state index in [-0.39, 0.29) is 10.5 Å². The quantitative estimate of drug-likeness (QED) is 0.540. The Morgan fingerprint density at radius 3 is 2.50 bits per heavy atom. The zero-order chi connectivity index (χ0) is 21.9. The normalized spacial score (nSPS) is 11.7. The number of pyridine rings is 2. The third-order valence-electron chi connectivity index (χ3n) is 4.61. The number of thioether (sulfide) groups is 1. The molecule has 30 heavy (non-hydrogen) atoms. The van der Waals surface area contributed by atoms with Crippen molar-refractivity contribution in [1.29, 1.82) is 0 Å². The van der Waals surface area contributed by atoms with Crippen molar-refractivity contribution in [2.24, 2.45) is 0 Å². The summed E-state index contributed by atoms with van der Waals surface area (Å²) in [5, 5.41) is 3.86. The summed E-state index contributed by atoms with van der Waals surface area (Å²) in [6.45, 7) is 4.17. The number of fused-ring (bicyclic) bond motifs is 1. The van der Waals surface area contributed by atoms with Gasteiger partial charge < -0.3 is 10.3 Å². The van der Waals surface area contributed by atoms with Crippen LogP contribution in [0.15, 0.2) is 57.3 Å². The molecule has 3 rings (SSSR count). The average molecular weight is 447 g/mol. The molecule has 10 heteroatoms. The first-order valence-electron chi connectivity index (χ1n) is 9.28. The van der Waals surface area contributed by atoms with Crippen LogP contribution in [0.3, 0.4) is 0 Å². The van der Waals surface area contributed by atoms with Crippen LogP contribution in [0.2, 0.25) is 0 Å². The number of nitrogens with zero attached hydrogens (tertiary/aromatic N) is 2. The Labute approximate surface area is 178 Å². The first kappa shape index (κ1) is 22.0. The second-order valence-electron chi connectivity index (χ2n) is 6.39. The van der Waals surface area contributed by atoms with E-state index in [1.165, 1.54) is 40.5 Å². The van der Waals surface area contributed by atoms with Crippen LogP contribution in [0.25, 0.3) is 10.9 Å². The van der Waals surface area contributed by atoms with Gasteiger partial charge in [-0.15, -0.1) is 11.8 Å². The Balaban J connectivity index is 2.07. The number of aromatic nitrogens is 2. The smallest absolute Gasteiger partial charge is 0.256 e. The van der Waals surface area contributed by atoms with Crippen LogP contribution in [0.1, 0.15) is 24.2 Å². The van der Waals surface area contributed by atoms with Gasteiger partial charge in [0.25, 0.3) is 5.91 Å². The molecule has 0 saturated heterocycles. The van der Waals surface area contributed by atoms with Gasteiger partial charge in [-0.3, -0.25) is 9.59 Å². The van der Waals surface area contributed by atoms with E-state index < -0.39 is 21.5 Å². The molecule has 2 heterocycles. The number of carbonyl (C=O) groups is 1. The monoisotopic (exact) mass is 446 g/mol. The van der Waals surface area contributed by atoms with Gasteiger partial charge in [0.2, 0.25) is 15.6 Å². The van der Waals surface area contributed by atoms with Gasteiger partial charge in [0.1, 0.15) is 0 Å². The highest BCUT2D eigenvalue weighted by Crippen LogP contribution is 2.23. The molecule has 8 nitrogen and oxygen atoms in total. The molecule has 158 valence electrons. The van der Waals surface area contributed by atoms with Gasteiger partial charge >= 0.3 is 0 Å². The van der Waals surface area contributed by atoms with Crippen molar-refractivity contribution in [3.8, 4) is 0 Å². The van der Waals surface area contributed by atoms with E-state index in [4.69, 9.17) is 0 Å². The van der Waals surface area contributed by atoms with Crippen molar-refractivity contribution in [2.45, 2.75) is 23.8 Å². The van der Waals surface area contributed by atoms with E-state index in [0.717, 1.165) is 11.1 Å². The lowest BCUT2D eigenvalue weighted by atomic mass is 10.1. The maximum Gasteiger partial charge on any atom is 0.256 e. The fraction of sp³-hybridized carbons (Fsp3) is 0.250. The van der Waals surface area contributed by atoms with Crippen molar-refractivity contribution >= 4 is 44.3 Å². The summed E-state index contributed by atoms with van der Waals surface area (Å²) in [5.41, 5.74) is 0.474. The van der Waals surface area contributed by atoms with Gasteiger partial charge in [-0.1, -0.05) is 13.8 Å². The zero-order valence-corrected chi connectivity index (χ0v) is 18.4. The number of rotatable bonds is 7. The molecule has 0 bridgehead atoms. The minimum absolute atomic E-state index is 0.0609. The van der Waals surface area contributed by atoms with Crippen molar-refractivity contribution < 1.29 is 13.2 Å². The van der Waals surface area contributed by atoms with Crippen molar-refractivity contribution in [3.05, 3.63) is 58.5 Å². The summed E-state index contributed by atoms with van der Waals surface area (Å²) in [6, 6.07) is 8.99. The number of benzene rings is 1. The van der Waals surface area contributed by atoms with Gasteiger partial charge in [-0.2, -0.15) is 4.31 Å². The van der Waals surface area contributed by atoms with Gasteiger partial charge in [-0.05, 0) is 36.6 Å². The van der Waals surface area contributed by atoms with Gasteiger partial charge in [0.15, 0.2) is 0 Å². The topological polar surface area (TPSA) is 112 Å². The second-order valence-corrected chi connectivity index (χ2v) is 9.15.